The van der Waals surface area contributed by atoms with Crippen LogP contribution in [0.3, 0.4) is 0 Å². The predicted octanol–water partition coefficient (Wildman–Crippen LogP) is 2.45. The number of hydrogen-bond donors (Lipinski definition) is 1. The maximum atomic E-state index is 13.7. The van der Waals surface area contributed by atoms with Crippen molar-refractivity contribution in [1.82, 2.24) is 4.90 Å². The lowest BCUT2D eigenvalue weighted by Crippen LogP contribution is -2.39. The van der Waals surface area contributed by atoms with E-state index in [0.717, 1.165) is 25.7 Å². The first-order valence-electron chi connectivity index (χ1n) is 6.95. The molecule has 1 saturated carbocycles. The van der Waals surface area contributed by atoms with Gasteiger partial charge in [0.1, 0.15) is 5.82 Å². The molecule has 1 aromatic carbocycles. The Bertz CT molecular complexity index is 430. The summed E-state index contributed by atoms with van der Waals surface area (Å²) >= 11 is 0. The lowest BCUT2D eigenvalue weighted by molar-refractivity contribution is -0.134. The SMILES string of the molecule is NCCC(=O)N(Cc1ccccc1F)C1CCCC1. The predicted molar refractivity (Wildman–Crippen MR) is 72.9 cm³/mol. The zero-order valence-electron chi connectivity index (χ0n) is 11.1. The molecule has 2 rings (SSSR count). The van der Waals surface area contributed by atoms with E-state index in [0.29, 0.717) is 25.1 Å². The van der Waals surface area contributed by atoms with Crippen molar-refractivity contribution in [2.24, 2.45) is 5.73 Å². The van der Waals surface area contributed by atoms with Gasteiger partial charge >= 0.3 is 0 Å². The largest absolute Gasteiger partial charge is 0.335 e. The Morgan fingerprint density at radius 1 is 1.32 bits per heavy atom. The van der Waals surface area contributed by atoms with E-state index in [9.17, 15) is 9.18 Å². The van der Waals surface area contributed by atoms with Crippen LogP contribution in [0.15, 0.2) is 24.3 Å². The second kappa shape index (κ2) is 6.66. The van der Waals surface area contributed by atoms with Crippen LogP contribution in [0.1, 0.15) is 37.7 Å². The molecule has 0 unspecified atom stereocenters. The minimum Gasteiger partial charge on any atom is -0.335 e. The van der Waals surface area contributed by atoms with Crippen molar-refractivity contribution in [1.29, 1.82) is 0 Å². The quantitative estimate of drug-likeness (QED) is 0.888. The zero-order chi connectivity index (χ0) is 13.7. The Morgan fingerprint density at radius 3 is 2.63 bits per heavy atom. The molecule has 2 N–H and O–H groups in total. The van der Waals surface area contributed by atoms with Crippen LogP contribution in [0.2, 0.25) is 0 Å². The highest BCUT2D eigenvalue weighted by Gasteiger charge is 2.26. The monoisotopic (exact) mass is 264 g/mol. The van der Waals surface area contributed by atoms with Gasteiger partial charge in [-0.05, 0) is 18.9 Å². The third-order valence-corrected chi connectivity index (χ3v) is 3.74. The third kappa shape index (κ3) is 3.53. The first-order chi connectivity index (χ1) is 9.22. The molecule has 0 spiro atoms. The average Bonchev–Trinajstić information content (AvgIpc) is 2.91. The van der Waals surface area contributed by atoms with Gasteiger partial charge in [-0.25, -0.2) is 4.39 Å². The minimum atomic E-state index is -0.244. The van der Waals surface area contributed by atoms with E-state index >= 15 is 0 Å². The molecule has 1 amide bonds. The van der Waals surface area contributed by atoms with E-state index in [1.807, 2.05) is 4.90 Å². The number of benzene rings is 1. The molecule has 3 nitrogen and oxygen atoms in total. The van der Waals surface area contributed by atoms with Crippen LogP contribution in [0.5, 0.6) is 0 Å². The minimum absolute atomic E-state index is 0.0395. The molecule has 0 saturated heterocycles. The maximum Gasteiger partial charge on any atom is 0.224 e. The van der Waals surface area contributed by atoms with Gasteiger partial charge in [0.25, 0.3) is 0 Å². The molecule has 4 heteroatoms. The first kappa shape index (κ1) is 14.0. The molecule has 0 aromatic heterocycles. The van der Waals surface area contributed by atoms with E-state index in [1.165, 1.54) is 6.07 Å². The molecule has 19 heavy (non-hydrogen) atoms. The highest BCUT2D eigenvalue weighted by atomic mass is 19.1. The topological polar surface area (TPSA) is 46.3 Å². The van der Waals surface area contributed by atoms with Crippen molar-refractivity contribution in [3.8, 4) is 0 Å². The fourth-order valence-electron chi connectivity index (χ4n) is 2.71. The lowest BCUT2D eigenvalue weighted by atomic mass is 10.1. The van der Waals surface area contributed by atoms with Gasteiger partial charge < -0.3 is 10.6 Å². The van der Waals surface area contributed by atoms with Crippen LogP contribution in [-0.2, 0) is 11.3 Å². The second-order valence-electron chi connectivity index (χ2n) is 5.09. The van der Waals surface area contributed by atoms with Gasteiger partial charge in [0.15, 0.2) is 0 Å². The molecule has 0 radical (unpaired) electrons. The summed E-state index contributed by atoms with van der Waals surface area (Å²) in [5.74, 6) is -0.205. The highest BCUT2D eigenvalue weighted by molar-refractivity contribution is 5.76. The normalized spacial score (nSPS) is 15.7. The van der Waals surface area contributed by atoms with E-state index in [2.05, 4.69) is 0 Å². The Labute approximate surface area is 113 Å². The summed E-state index contributed by atoms with van der Waals surface area (Å²) < 4.78 is 13.7. The Balaban J connectivity index is 2.13. The summed E-state index contributed by atoms with van der Waals surface area (Å²) in [6.07, 6.45) is 4.67. The first-order valence-corrected chi connectivity index (χ1v) is 6.95. The number of rotatable bonds is 5. The van der Waals surface area contributed by atoms with Crippen molar-refractivity contribution >= 4 is 5.91 Å². The summed E-state index contributed by atoms with van der Waals surface area (Å²) in [4.78, 5) is 14.0. The average molecular weight is 264 g/mol. The van der Waals surface area contributed by atoms with Crippen LogP contribution in [-0.4, -0.2) is 23.4 Å². The molecule has 0 heterocycles. The van der Waals surface area contributed by atoms with Crippen LogP contribution in [0, 0.1) is 5.82 Å². The third-order valence-electron chi connectivity index (χ3n) is 3.74. The smallest absolute Gasteiger partial charge is 0.224 e. The van der Waals surface area contributed by atoms with Crippen LogP contribution < -0.4 is 5.73 Å². The van der Waals surface area contributed by atoms with Crippen molar-refractivity contribution in [3.05, 3.63) is 35.6 Å². The molecular weight excluding hydrogens is 243 g/mol. The van der Waals surface area contributed by atoms with Gasteiger partial charge in [-0.15, -0.1) is 0 Å². The molecule has 1 aliphatic rings. The fraction of sp³-hybridized carbons (Fsp3) is 0.533. The van der Waals surface area contributed by atoms with Gasteiger partial charge in [0, 0.05) is 31.1 Å². The van der Waals surface area contributed by atoms with Gasteiger partial charge in [0.2, 0.25) is 5.91 Å². The van der Waals surface area contributed by atoms with Crippen molar-refractivity contribution < 1.29 is 9.18 Å². The summed E-state index contributed by atoms with van der Waals surface area (Å²) in [5, 5.41) is 0. The van der Waals surface area contributed by atoms with E-state index in [1.54, 1.807) is 18.2 Å². The van der Waals surface area contributed by atoms with Crippen LogP contribution in [0.4, 0.5) is 4.39 Å². The Morgan fingerprint density at radius 2 is 2.00 bits per heavy atom. The zero-order valence-corrected chi connectivity index (χ0v) is 11.1. The van der Waals surface area contributed by atoms with Gasteiger partial charge in [-0.3, -0.25) is 4.79 Å². The highest BCUT2D eigenvalue weighted by Crippen LogP contribution is 2.26. The molecule has 0 atom stereocenters. The molecule has 0 bridgehead atoms. The molecule has 0 aliphatic heterocycles. The van der Waals surface area contributed by atoms with Crippen molar-refractivity contribution in [3.63, 3.8) is 0 Å². The van der Waals surface area contributed by atoms with Gasteiger partial charge in [0.05, 0.1) is 0 Å². The molecule has 1 fully saturated rings. The standard InChI is InChI=1S/C15H21FN2O/c16-14-8-4-1-5-12(14)11-18(15(19)9-10-17)13-6-2-3-7-13/h1,4-5,8,13H,2-3,6-7,9-11,17H2. The van der Waals surface area contributed by atoms with Gasteiger partial charge in [-0.2, -0.15) is 0 Å². The number of carbonyl (C=O) groups is 1. The molecule has 1 aromatic rings. The van der Waals surface area contributed by atoms with Crippen molar-refractivity contribution in [2.45, 2.75) is 44.7 Å². The van der Waals surface area contributed by atoms with Crippen LogP contribution >= 0.6 is 0 Å². The number of hydrogen-bond acceptors (Lipinski definition) is 2. The Hall–Kier alpha value is -1.42. The number of nitrogens with two attached hydrogens (primary N) is 1. The molecule has 104 valence electrons. The van der Waals surface area contributed by atoms with Gasteiger partial charge in [-0.1, -0.05) is 31.0 Å². The summed E-state index contributed by atoms with van der Waals surface area (Å²) in [6, 6.07) is 6.90. The molecule has 1 aliphatic carbocycles. The van der Waals surface area contributed by atoms with E-state index < -0.39 is 0 Å². The summed E-state index contributed by atoms with van der Waals surface area (Å²) in [7, 11) is 0. The second-order valence-corrected chi connectivity index (χ2v) is 5.09. The number of carbonyl (C=O) groups excluding carboxylic acids is 1. The lowest BCUT2D eigenvalue weighted by Gasteiger charge is -2.29. The number of nitrogens with zero attached hydrogens (tertiary/aromatic N) is 1. The summed E-state index contributed by atoms with van der Waals surface area (Å²) in [5.41, 5.74) is 6.05. The van der Waals surface area contributed by atoms with Crippen molar-refractivity contribution in [2.75, 3.05) is 6.54 Å². The van der Waals surface area contributed by atoms with Crippen LogP contribution in [0.25, 0.3) is 0 Å². The molecular formula is C15H21FN2O. The number of amides is 1. The van der Waals surface area contributed by atoms with E-state index in [-0.39, 0.29) is 17.8 Å². The summed E-state index contributed by atoms with van der Waals surface area (Å²) in [6.45, 7) is 0.704. The maximum absolute atomic E-state index is 13.7. The number of halogens is 1. The van der Waals surface area contributed by atoms with E-state index in [4.69, 9.17) is 5.73 Å². The Kier molecular flexibility index (Phi) is 4.91. The fourth-order valence-corrected chi connectivity index (χ4v) is 2.71.